The molecule has 0 aliphatic rings. The van der Waals surface area contributed by atoms with Crippen LogP contribution < -0.4 is 0 Å². The molecule has 6 nitrogen and oxygen atoms in total. The van der Waals surface area contributed by atoms with E-state index in [1.807, 2.05) is 13.2 Å². The van der Waals surface area contributed by atoms with Gasteiger partial charge in [0.1, 0.15) is 0 Å². The van der Waals surface area contributed by atoms with Crippen molar-refractivity contribution >= 4 is 5.97 Å². The average molecular weight is 206 g/mol. The number of aromatic nitrogens is 4. The summed E-state index contributed by atoms with van der Waals surface area (Å²) in [6.45, 7) is 0.468. The molecule has 0 unspecified atom stereocenters. The van der Waals surface area contributed by atoms with Crippen molar-refractivity contribution in [1.82, 2.24) is 19.3 Å². The van der Waals surface area contributed by atoms with E-state index >= 15 is 0 Å². The minimum absolute atomic E-state index is 0.0406. The van der Waals surface area contributed by atoms with Gasteiger partial charge in [-0.2, -0.15) is 5.10 Å². The van der Waals surface area contributed by atoms with Gasteiger partial charge in [-0.1, -0.05) is 0 Å². The normalized spacial score (nSPS) is 10.5. The molecule has 0 amide bonds. The van der Waals surface area contributed by atoms with Crippen LogP contribution in [0.1, 0.15) is 16.2 Å². The van der Waals surface area contributed by atoms with Crippen LogP contribution in [-0.4, -0.2) is 30.4 Å². The molecule has 78 valence electrons. The van der Waals surface area contributed by atoms with Crippen molar-refractivity contribution in [1.29, 1.82) is 0 Å². The van der Waals surface area contributed by atoms with Crippen LogP contribution in [0.3, 0.4) is 0 Å². The lowest BCUT2D eigenvalue weighted by molar-refractivity contribution is 0.0679. The van der Waals surface area contributed by atoms with Crippen molar-refractivity contribution in [2.75, 3.05) is 0 Å². The van der Waals surface area contributed by atoms with Crippen molar-refractivity contribution in [3.05, 3.63) is 36.2 Å². The second-order valence-electron chi connectivity index (χ2n) is 3.21. The van der Waals surface area contributed by atoms with Crippen LogP contribution in [0.2, 0.25) is 0 Å². The summed E-state index contributed by atoms with van der Waals surface area (Å²) < 4.78 is 3.24. The third-order valence-electron chi connectivity index (χ3n) is 2.02. The first-order valence-electron chi connectivity index (χ1n) is 4.39. The maximum Gasteiger partial charge on any atom is 0.372 e. The molecule has 0 spiro atoms. The zero-order chi connectivity index (χ0) is 10.8. The SMILES string of the molecule is Cn1cc(Cn2ccnc2C(=O)O)cn1. The van der Waals surface area contributed by atoms with Crippen molar-refractivity contribution in [2.45, 2.75) is 6.54 Å². The number of hydrogen-bond donors (Lipinski definition) is 1. The van der Waals surface area contributed by atoms with Crippen molar-refractivity contribution < 1.29 is 9.90 Å². The fraction of sp³-hybridized carbons (Fsp3) is 0.222. The van der Waals surface area contributed by atoms with Gasteiger partial charge in [-0.05, 0) is 0 Å². The predicted octanol–water partition coefficient (Wildman–Crippen LogP) is 0.363. The van der Waals surface area contributed by atoms with Crippen LogP contribution in [0.4, 0.5) is 0 Å². The Morgan fingerprint density at radius 2 is 2.40 bits per heavy atom. The summed E-state index contributed by atoms with van der Waals surface area (Å²) in [5, 5.41) is 12.8. The molecule has 0 fully saturated rings. The first-order chi connectivity index (χ1) is 7.16. The fourth-order valence-corrected chi connectivity index (χ4v) is 1.39. The van der Waals surface area contributed by atoms with Gasteiger partial charge in [0, 0.05) is 31.2 Å². The fourth-order valence-electron chi connectivity index (χ4n) is 1.39. The molecule has 1 N–H and O–H groups in total. The van der Waals surface area contributed by atoms with Crippen LogP contribution in [0.15, 0.2) is 24.8 Å². The molecular formula is C9H10N4O2. The van der Waals surface area contributed by atoms with E-state index in [0.717, 1.165) is 5.56 Å². The molecule has 0 aromatic carbocycles. The summed E-state index contributed by atoms with van der Waals surface area (Å²) in [6.07, 6.45) is 6.65. The van der Waals surface area contributed by atoms with E-state index in [1.54, 1.807) is 21.6 Å². The maximum absolute atomic E-state index is 10.8. The molecule has 0 aliphatic heterocycles. The molecule has 2 aromatic rings. The molecule has 2 heterocycles. The summed E-state index contributed by atoms with van der Waals surface area (Å²) in [4.78, 5) is 14.5. The number of nitrogens with zero attached hydrogens (tertiary/aromatic N) is 4. The number of imidazole rings is 1. The van der Waals surface area contributed by atoms with Crippen LogP contribution in [0, 0.1) is 0 Å². The van der Waals surface area contributed by atoms with E-state index in [0.29, 0.717) is 6.54 Å². The number of aromatic carboxylic acids is 1. The van der Waals surface area contributed by atoms with Crippen molar-refractivity contribution in [2.24, 2.45) is 7.05 Å². The summed E-state index contributed by atoms with van der Waals surface area (Å²) in [5.74, 6) is -0.984. The van der Waals surface area contributed by atoms with Gasteiger partial charge in [-0.25, -0.2) is 9.78 Å². The summed E-state index contributed by atoms with van der Waals surface area (Å²) in [7, 11) is 1.81. The Kier molecular flexibility index (Phi) is 2.24. The highest BCUT2D eigenvalue weighted by Crippen LogP contribution is 2.04. The van der Waals surface area contributed by atoms with E-state index in [4.69, 9.17) is 5.11 Å². The summed E-state index contributed by atoms with van der Waals surface area (Å²) >= 11 is 0. The molecule has 2 rings (SSSR count). The van der Waals surface area contributed by atoms with Gasteiger partial charge < -0.3 is 9.67 Å². The largest absolute Gasteiger partial charge is 0.475 e. The smallest absolute Gasteiger partial charge is 0.372 e. The van der Waals surface area contributed by atoms with Gasteiger partial charge in [-0.15, -0.1) is 0 Å². The Morgan fingerprint density at radius 3 is 3.00 bits per heavy atom. The minimum Gasteiger partial charge on any atom is -0.475 e. The maximum atomic E-state index is 10.8. The van der Waals surface area contributed by atoms with Crippen LogP contribution in [-0.2, 0) is 13.6 Å². The number of carboxylic acid groups (broad SMARTS) is 1. The third-order valence-corrected chi connectivity index (χ3v) is 2.02. The first-order valence-corrected chi connectivity index (χ1v) is 4.39. The molecular weight excluding hydrogens is 196 g/mol. The standard InChI is InChI=1S/C9H10N4O2/c1-12-5-7(4-11-12)6-13-3-2-10-8(13)9(14)15/h2-5H,6H2,1H3,(H,14,15). The zero-order valence-corrected chi connectivity index (χ0v) is 8.16. The van der Waals surface area contributed by atoms with Crippen LogP contribution in [0.5, 0.6) is 0 Å². The Bertz CT molecular complexity index is 486. The van der Waals surface area contributed by atoms with Gasteiger partial charge in [0.25, 0.3) is 0 Å². The topological polar surface area (TPSA) is 72.9 Å². The lowest BCUT2D eigenvalue weighted by atomic mass is 10.3. The first kappa shape index (κ1) is 9.45. The average Bonchev–Trinajstić information content (AvgIpc) is 2.75. The Morgan fingerprint density at radius 1 is 1.60 bits per heavy atom. The van der Waals surface area contributed by atoms with E-state index in [-0.39, 0.29) is 5.82 Å². The Balaban J connectivity index is 2.24. The highest BCUT2D eigenvalue weighted by Gasteiger charge is 2.10. The van der Waals surface area contributed by atoms with E-state index in [9.17, 15) is 4.79 Å². The minimum atomic E-state index is -1.02. The number of rotatable bonds is 3. The van der Waals surface area contributed by atoms with Gasteiger partial charge in [0.15, 0.2) is 0 Å². The highest BCUT2D eigenvalue weighted by molar-refractivity contribution is 5.83. The lowest BCUT2D eigenvalue weighted by Crippen LogP contribution is -2.09. The molecule has 0 bridgehead atoms. The monoisotopic (exact) mass is 206 g/mol. The molecule has 15 heavy (non-hydrogen) atoms. The van der Waals surface area contributed by atoms with Crippen molar-refractivity contribution in [3.8, 4) is 0 Å². The van der Waals surface area contributed by atoms with Crippen LogP contribution in [0.25, 0.3) is 0 Å². The molecule has 0 atom stereocenters. The molecule has 2 aromatic heterocycles. The molecule has 0 saturated carbocycles. The zero-order valence-electron chi connectivity index (χ0n) is 8.16. The lowest BCUT2D eigenvalue weighted by Gasteiger charge is -2.01. The summed E-state index contributed by atoms with van der Waals surface area (Å²) in [5.41, 5.74) is 0.943. The third kappa shape index (κ3) is 1.88. The van der Waals surface area contributed by atoms with Gasteiger partial charge in [0.2, 0.25) is 5.82 Å². The van der Waals surface area contributed by atoms with E-state index in [2.05, 4.69) is 10.1 Å². The van der Waals surface area contributed by atoms with E-state index < -0.39 is 5.97 Å². The Labute approximate surface area is 85.8 Å². The van der Waals surface area contributed by atoms with Gasteiger partial charge >= 0.3 is 5.97 Å². The van der Waals surface area contributed by atoms with E-state index in [1.165, 1.54) is 6.20 Å². The Hall–Kier alpha value is -2.11. The van der Waals surface area contributed by atoms with Crippen LogP contribution >= 0.6 is 0 Å². The molecule has 0 saturated heterocycles. The second-order valence-corrected chi connectivity index (χ2v) is 3.21. The number of carbonyl (C=O) groups is 1. The second kappa shape index (κ2) is 3.56. The predicted molar refractivity (Wildman–Crippen MR) is 51.5 cm³/mol. The highest BCUT2D eigenvalue weighted by atomic mass is 16.4. The van der Waals surface area contributed by atoms with Crippen molar-refractivity contribution in [3.63, 3.8) is 0 Å². The molecule has 0 radical (unpaired) electrons. The van der Waals surface area contributed by atoms with Gasteiger partial charge in [0.05, 0.1) is 12.7 Å². The molecule has 0 aliphatic carbocycles. The summed E-state index contributed by atoms with van der Waals surface area (Å²) in [6, 6.07) is 0. The van der Waals surface area contributed by atoms with Gasteiger partial charge in [-0.3, -0.25) is 4.68 Å². The number of carboxylic acids is 1. The molecule has 6 heteroatoms. The number of hydrogen-bond acceptors (Lipinski definition) is 3. The quantitative estimate of drug-likeness (QED) is 0.787. The number of aryl methyl sites for hydroxylation is 1.